The summed E-state index contributed by atoms with van der Waals surface area (Å²) in [7, 11) is 1.36. The van der Waals surface area contributed by atoms with Crippen LogP contribution < -0.4 is 5.32 Å². The molecule has 0 heterocycles. The number of carbonyl (C=O) groups excluding carboxylic acids is 2. The maximum Gasteiger partial charge on any atom is 0.334 e. The van der Waals surface area contributed by atoms with Crippen LogP contribution in [0.5, 0.6) is 0 Å². The van der Waals surface area contributed by atoms with E-state index >= 15 is 0 Å². The van der Waals surface area contributed by atoms with Crippen LogP contribution >= 0.6 is 0 Å². The zero-order valence-electron chi connectivity index (χ0n) is 17.4. The van der Waals surface area contributed by atoms with Crippen molar-refractivity contribution >= 4 is 11.9 Å². The molecule has 5 heteroatoms. The molecule has 0 saturated heterocycles. The minimum Gasteiger partial charge on any atom is -0.467 e. The average Bonchev–Trinajstić information content (AvgIpc) is 2.66. The van der Waals surface area contributed by atoms with Gasteiger partial charge < -0.3 is 14.8 Å². The number of esters is 1. The van der Waals surface area contributed by atoms with Gasteiger partial charge in [0, 0.05) is 12.2 Å². The van der Waals surface area contributed by atoms with Gasteiger partial charge >= 0.3 is 5.97 Å². The van der Waals surface area contributed by atoms with E-state index in [1.54, 1.807) is 24.3 Å². The van der Waals surface area contributed by atoms with Crippen LogP contribution in [0.15, 0.2) is 30.3 Å². The van der Waals surface area contributed by atoms with Crippen LogP contribution in [0.25, 0.3) is 0 Å². The highest BCUT2D eigenvalue weighted by Gasteiger charge is 2.49. The summed E-state index contributed by atoms with van der Waals surface area (Å²) in [5.74, 6) is -0.563. The molecule has 0 aliphatic carbocycles. The van der Waals surface area contributed by atoms with Gasteiger partial charge in [0.05, 0.1) is 13.2 Å². The molecule has 5 nitrogen and oxygen atoms in total. The van der Waals surface area contributed by atoms with Crippen LogP contribution in [0.4, 0.5) is 0 Å². The van der Waals surface area contributed by atoms with E-state index in [0.717, 1.165) is 19.3 Å². The number of benzene rings is 1. The second-order valence-corrected chi connectivity index (χ2v) is 7.38. The molecule has 0 spiro atoms. The topological polar surface area (TPSA) is 64.6 Å². The molecule has 27 heavy (non-hydrogen) atoms. The van der Waals surface area contributed by atoms with Crippen molar-refractivity contribution in [1.82, 2.24) is 5.32 Å². The Labute approximate surface area is 163 Å². The molecule has 1 N–H and O–H groups in total. The molecule has 152 valence electrons. The van der Waals surface area contributed by atoms with Gasteiger partial charge in [-0.25, -0.2) is 4.79 Å². The zero-order chi connectivity index (χ0) is 20.3. The Balaban J connectivity index is 3.28. The normalized spacial score (nSPS) is 14.4. The third-order valence-corrected chi connectivity index (χ3v) is 4.57. The molecule has 2 unspecified atom stereocenters. The smallest absolute Gasteiger partial charge is 0.334 e. The molecule has 0 aliphatic heterocycles. The fraction of sp³-hybridized carbons (Fsp3) is 0.636. The van der Waals surface area contributed by atoms with Gasteiger partial charge in [-0.3, -0.25) is 4.79 Å². The second-order valence-electron chi connectivity index (χ2n) is 7.38. The SMILES string of the molecule is CCCCOC(CCC)C(CC(C)C)(NC(=O)c1ccccc1)C(=O)OC. The Bertz CT molecular complexity index is 573. The number of ether oxygens (including phenoxy) is 2. The fourth-order valence-corrected chi connectivity index (χ4v) is 3.32. The summed E-state index contributed by atoms with van der Waals surface area (Å²) in [6.07, 6.45) is 3.44. The van der Waals surface area contributed by atoms with E-state index in [1.165, 1.54) is 7.11 Å². The van der Waals surface area contributed by atoms with Crippen LogP contribution in [0.1, 0.15) is 70.2 Å². The number of rotatable bonds is 12. The van der Waals surface area contributed by atoms with Crippen molar-refractivity contribution in [2.24, 2.45) is 5.92 Å². The molecular weight excluding hydrogens is 342 g/mol. The van der Waals surface area contributed by atoms with Crippen molar-refractivity contribution in [3.63, 3.8) is 0 Å². The number of nitrogens with one attached hydrogen (secondary N) is 1. The first-order valence-electron chi connectivity index (χ1n) is 9.98. The van der Waals surface area contributed by atoms with E-state index in [-0.39, 0.29) is 11.8 Å². The molecule has 1 rings (SSSR count). The Morgan fingerprint density at radius 3 is 2.30 bits per heavy atom. The van der Waals surface area contributed by atoms with E-state index < -0.39 is 17.6 Å². The lowest BCUT2D eigenvalue weighted by molar-refractivity contribution is -0.158. The summed E-state index contributed by atoms with van der Waals surface area (Å²) < 4.78 is 11.3. The molecule has 0 radical (unpaired) electrons. The van der Waals surface area contributed by atoms with Gasteiger partial charge in [0.1, 0.15) is 0 Å². The molecule has 0 saturated carbocycles. The van der Waals surface area contributed by atoms with Gasteiger partial charge in [0.25, 0.3) is 5.91 Å². The summed E-state index contributed by atoms with van der Waals surface area (Å²) in [4.78, 5) is 25.9. The molecule has 0 aromatic heterocycles. The van der Waals surface area contributed by atoms with Gasteiger partial charge in [-0.05, 0) is 37.3 Å². The quantitative estimate of drug-likeness (QED) is 0.434. The lowest BCUT2D eigenvalue weighted by Crippen LogP contribution is -2.63. The average molecular weight is 378 g/mol. The van der Waals surface area contributed by atoms with E-state index in [4.69, 9.17) is 9.47 Å². The standard InChI is InChI=1S/C22H35NO4/c1-6-8-15-27-19(12-7-2)22(16-17(3)4,21(25)26-5)23-20(24)18-13-10-9-11-14-18/h9-11,13-14,17,19H,6-8,12,15-16H2,1-5H3,(H,23,24). The highest BCUT2D eigenvalue weighted by Crippen LogP contribution is 2.29. The van der Waals surface area contributed by atoms with Crippen molar-refractivity contribution in [2.75, 3.05) is 13.7 Å². The Morgan fingerprint density at radius 2 is 1.78 bits per heavy atom. The minimum atomic E-state index is -1.21. The number of hydrogen-bond acceptors (Lipinski definition) is 4. The first-order valence-corrected chi connectivity index (χ1v) is 9.98. The van der Waals surface area contributed by atoms with E-state index in [9.17, 15) is 9.59 Å². The second kappa shape index (κ2) is 11.8. The Morgan fingerprint density at radius 1 is 1.11 bits per heavy atom. The number of unbranched alkanes of at least 4 members (excludes halogenated alkanes) is 1. The molecule has 0 aliphatic rings. The van der Waals surface area contributed by atoms with Gasteiger partial charge in [0.2, 0.25) is 0 Å². The van der Waals surface area contributed by atoms with Crippen LogP contribution in [-0.4, -0.2) is 37.2 Å². The molecule has 0 bridgehead atoms. The first kappa shape index (κ1) is 23.2. The Kier molecular flexibility index (Phi) is 10.1. The van der Waals surface area contributed by atoms with E-state index in [0.29, 0.717) is 25.0 Å². The van der Waals surface area contributed by atoms with Crippen molar-refractivity contribution in [1.29, 1.82) is 0 Å². The highest BCUT2D eigenvalue weighted by atomic mass is 16.5. The molecule has 1 aromatic rings. The maximum atomic E-state index is 13.0. The fourth-order valence-electron chi connectivity index (χ4n) is 3.32. The summed E-state index contributed by atoms with van der Waals surface area (Å²) in [5, 5.41) is 3.00. The number of amides is 1. The van der Waals surface area contributed by atoms with Crippen LogP contribution in [0.3, 0.4) is 0 Å². The molecule has 1 aromatic carbocycles. The van der Waals surface area contributed by atoms with Crippen molar-refractivity contribution in [3.8, 4) is 0 Å². The van der Waals surface area contributed by atoms with Gasteiger partial charge in [-0.2, -0.15) is 0 Å². The van der Waals surface area contributed by atoms with Crippen LogP contribution in [0.2, 0.25) is 0 Å². The van der Waals surface area contributed by atoms with Crippen LogP contribution in [0, 0.1) is 5.92 Å². The summed E-state index contributed by atoms with van der Waals surface area (Å²) >= 11 is 0. The van der Waals surface area contributed by atoms with Crippen LogP contribution in [-0.2, 0) is 14.3 Å². The van der Waals surface area contributed by atoms with Gasteiger partial charge in [-0.15, -0.1) is 0 Å². The summed E-state index contributed by atoms with van der Waals surface area (Å²) in [6, 6.07) is 8.93. The maximum absolute atomic E-state index is 13.0. The van der Waals surface area contributed by atoms with Crippen molar-refractivity contribution < 1.29 is 19.1 Å². The van der Waals surface area contributed by atoms with E-state index in [1.807, 2.05) is 26.8 Å². The minimum absolute atomic E-state index is 0.175. The van der Waals surface area contributed by atoms with E-state index in [2.05, 4.69) is 12.2 Å². The molecule has 1 amide bonds. The number of hydrogen-bond donors (Lipinski definition) is 1. The monoisotopic (exact) mass is 377 g/mol. The third-order valence-electron chi connectivity index (χ3n) is 4.57. The summed E-state index contributed by atoms with van der Waals surface area (Å²) in [5.41, 5.74) is -0.696. The largest absolute Gasteiger partial charge is 0.467 e. The Hall–Kier alpha value is -1.88. The van der Waals surface area contributed by atoms with Crippen molar-refractivity contribution in [3.05, 3.63) is 35.9 Å². The number of methoxy groups -OCH3 is 1. The highest BCUT2D eigenvalue weighted by molar-refractivity contribution is 5.98. The van der Waals surface area contributed by atoms with Gasteiger partial charge in [0.15, 0.2) is 5.54 Å². The molecule has 2 atom stereocenters. The molecular formula is C22H35NO4. The zero-order valence-corrected chi connectivity index (χ0v) is 17.4. The predicted molar refractivity (Wildman–Crippen MR) is 108 cm³/mol. The number of carbonyl (C=O) groups is 2. The van der Waals surface area contributed by atoms with Crippen molar-refractivity contribution in [2.45, 2.75) is 71.4 Å². The first-order chi connectivity index (χ1) is 12.9. The summed E-state index contributed by atoms with van der Waals surface area (Å²) in [6.45, 7) is 8.76. The lowest BCUT2D eigenvalue weighted by Gasteiger charge is -2.40. The molecule has 0 fully saturated rings. The third kappa shape index (κ3) is 6.65. The van der Waals surface area contributed by atoms with Gasteiger partial charge in [-0.1, -0.05) is 58.7 Å². The lowest BCUT2D eigenvalue weighted by atomic mass is 9.81. The predicted octanol–water partition coefficient (Wildman–Crippen LogP) is 4.36.